The molecule has 3 aliphatic rings. The van der Waals surface area contributed by atoms with Crippen LogP contribution in [0.1, 0.15) is 66.2 Å². The predicted molar refractivity (Wildman–Crippen MR) is 90.4 cm³/mol. The average Bonchev–Trinajstić information content (AvgIpc) is 2.58. The number of hydrogen-bond donors (Lipinski definition) is 3. The molecular formula is C18H29F2N3O2. The van der Waals surface area contributed by atoms with Crippen molar-refractivity contribution in [3.05, 3.63) is 11.4 Å². The second-order valence-corrected chi connectivity index (χ2v) is 8.74. The fraction of sp³-hybridized carbons (Fsp3) is 0.833. The van der Waals surface area contributed by atoms with Crippen molar-refractivity contribution in [1.29, 1.82) is 0 Å². The van der Waals surface area contributed by atoms with Gasteiger partial charge in [-0.05, 0) is 58.4 Å². The van der Waals surface area contributed by atoms with Gasteiger partial charge in [-0.3, -0.25) is 9.80 Å². The average molecular weight is 357 g/mol. The summed E-state index contributed by atoms with van der Waals surface area (Å²) in [6.07, 6.45) is 2.89. The Morgan fingerprint density at radius 3 is 2.44 bits per heavy atom. The molecule has 0 aromatic carbocycles. The summed E-state index contributed by atoms with van der Waals surface area (Å²) in [6.45, 7) is 7.03. The van der Waals surface area contributed by atoms with E-state index in [0.29, 0.717) is 5.82 Å². The van der Waals surface area contributed by atoms with E-state index in [1.54, 1.807) is 13.8 Å². The van der Waals surface area contributed by atoms with Gasteiger partial charge in [0.25, 0.3) is 0 Å². The Morgan fingerprint density at radius 1 is 1.40 bits per heavy atom. The van der Waals surface area contributed by atoms with Crippen molar-refractivity contribution in [2.75, 3.05) is 0 Å². The number of nitrogens with one attached hydrogen (secondary N) is 2. The molecule has 1 unspecified atom stereocenters. The van der Waals surface area contributed by atoms with Crippen LogP contribution in [-0.2, 0) is 4.79 Å². The molecule has 7 heteroatoms. The van der Waals surface area contributed by atoms with Crippen molar-refractivity contribution in [2.45, 2.75) is 89.3 Å². The number of hydrogen-bond acceptors (Lipinski definition) is 4. The normalized spacial score (nSPS) is 30.3. The first kappa shape index (κ1) is 18.6. The maximum atomic E-state index is 13.4. The summed E-state index contributed by atoms with van der Waals surface area (Å²) in [5.41, 5.74) is 2.65. The molecule has 142 valence electrons. The van der Waals surface area contributed by atoms with Crippen molar-refractivity contribution in [3.63, 3.8) is 0 Å². The second kappa shape index (κ2) is 5.91. The lowest BCUT2D eigenvalue weighted by Crippen LogP contribution is -2.60. The molecule has 0 bridgehead atoms. The van der Waals surface area contributed by atoms with Crippen LogP contribution in [-0.4, -0.2) is 39.1 Å². The van der Waals surface area contributed by atoms with Gasteiger partial charge in [0.05, 0.1) is 17.6 Å². The zero-order valence-corrected chi connectivity index (χ0v) is 15.5. The minimum absolute atomic E-state index is 0.0134. The molecule has 5 nitrogen and oxygen atoms in total. The molecular weight excluding hydrogens is 328 g/mol. The van der Waals surface area contributed by atoms with E-state index in [2.05, 4.69) is 10.7 Å². The highest BCUT2D eigenvalue weighted by Gasteiger charge is 2.57. The molecule has 25 heavy (non-hydrogen) atoms. The van der Waals surface area contributed by atoms with E-state index in [1.807, 2.05) is 18.9 Å². The van der Waals surface area contributed by atoms with Gasteiger partial charge in [0.2, 0.25) is 11.8 Å². The summed E-state index contributed by atoms with van der Waals surface area (Å²) in [4.78, 5) is 12.3. The summed E-state index contributed by atoms with van der Waals surface area (Å²) in [6, 6.07) is 0.273. The predicted octanol–water partition coefficient (Wildman–Crippen LogP) is 2.67. The van der Waals surface area contributed by atoms with E-state index in [9.17, 15) is 18.7 Å². The second-order valence-electron chi connectivity index (χ2n) is 8.74. The van der Waals surface area contributed by atoms with Crippen LogP contribution in [0.25, 0.3) is 0 Å². The minimum Gasteiger partial charge on any atom is -0.390 e. The zero-order chi connectivity index (χ0) is 18.6. The van der Waals surface area contributed by atoms with Crippen LogP contribution >= 0.6 is 0 Å². The topological polar surface area (TPSA) is 64.6 Å². The summed E-state index contributed by atoms with van der Waals surface area (Å²) in [7, 11) is 0. The van der Waals surface area contributed by atoms with E-state index in [0.717, 1.165) is 24.8 Å². The molecule has 0 radical (unpaired) electrons. The fourth-order valence-electron chi connectivity index (χ4n) is 3.93. The lowest BCUT2D eigenvalue weighted by Gasteiger charge is -2.47. The molecule has 3 N–H and O–H groups in total. The summed E-state index contributed by atoms with van der Waals surface area (Å²) < 4.78 is 26.8. The molecule has 2 saturated carbocycles. The van der Waals surface area contributed by atoms with Crippen LogP contribution in [0.2, 0.25) is 0 Å². The number of rotatable bonds is 5. The van der Waals surface area contributed by atoms with E-state index in [1.165, 1.54) is 0 Å². The molecule has 2 aliphatic carbocycles. The van der Waals surface area contributed by atoms with Crippen LogP contribution in [0.15, 0.2) is 11.4 Å². The summed E-state index contributed by atoms with van der Waals surface area (Å²) in [5, 5.41) is 14.8. The van der Waals surface area contributed by atoms with Gasteiger partial charge >= 0.3 is 0 Å². The molecule has 1 atom stereocenters. The first-order valence-electron chi connectivity index (χ1n) is 9.10. The summed E-state index contributed by atoms with van der Waals surface area (Å²) in [5.74, 6) is -2.33. The van der Waals surface area contributed by atoms with Crippen molar-refractivity contribution >= 4 is 5.91 Å². The van der Waals surface area contributed by atoms with E-state index >= 15 is 0 Å². The van der Waals surface area contributed by atoms with Crippen molar-refractivity contribution < 1.29 is 18.7 Å². The molecule has 0 aromatic rings. The third kappa shape index (κ3) is 3.53. The molecule has 1 heterocycles. The van der Waals surface area contributed by atoms with Crippen molar-refractivity contribution in [2.24, 2.45) is 5.92 Å². The standard InChI is InChI=1S/C18H29F2N3O2/c1-11-15(21-14(24)10-16(2,3)25)23(13-6-5-7-13)22-17(11,4)12-8-18(19,20)9-12/h12-13,22,25H,5-10H2,1-4H3,(H,21,24). The Labute approximate surface area is 147 Å². The molecule has 3 rings (SSSR count). The van der Waals surface area contributed by atoms with Gasteiger partial charge in [0.15, 0.2) is 0 Å². The monoisotopic (exact) mass is 357 g/mol. The molecule has 1 aliphatic heterocycles. The molecule has 0 spiro atoms. The van der Waals surface area contributed by atoms with Crippen LogP contribution < -0.4 is 10.7 Å². The molecule has 2 fully saturated rings. The maximum Gasteiger partial charge on any atom is 0.248 e. The number of carbonyl (C=O) groups excluding carboxylic acids is 1. The van der Waals surface area contributed by atoms with Gasteiger partial charge in [-0.2, -0.15) is 0 Å². The van der Waals surface area contributed by atoms with Crippen LogP contribution in [0.4, 0.5) is 8.78 Å². The molecule has 1 amide bonds. The highest BCUT2D eigenvalue weighted by atomic mass is 19.3. The number of alkyl halides is 2. The third-order valence-electron chi connectivity index (χ3n) is 5.93. The van der Waals surface area contributed by atoms with Crippen molar-refractivity contribution in [3.8, 4) is 0 Å². The molecule has 0 saturated heterocycles. The highest BCUT2D eigenvalue weighted by molar-refractivity contribution is 5.79. The van der Waals surface area contributed by atoms with Gasteiger partial charge in [0.1, 0.15) is 5.82 Å². The van der Waals surface area contributed by atoms with Gasteiger partial charge < -0.3 is 10.4 Å². The van der Waals surface area contributed by atoms with Crippen LogP contribution in [0, 0.1) is 5.92 Å². The van der Waals surface area contributed by atoms with Gasteiger partial charge in [0, 0.05) is 18.9 Å². The number of nitrogens with zero attached hydrogens (tertiary/aromatic N) is 1. The van der Waals surface area contributed by atoms with Crippen LogP contribution in [0.3, 0.4) is 0 Å². The Hall–Kier alpha value is -1.21. The smallest absolute Gasteiger partial charge is 0.248 e. The number of aliphatic hydroxyl groups is 1. The van der Waals surface area contributed by atoms with E-state index in [-0.39, 0.29) is 37.1 Å². The fourth-order valence-corrected chi connectivity index (χ4v) is 3.93. The quantitative estimate of drug-likeness (QED) is 0.708. The number of hydrazine groups is 1. The van der Waals surface area contributed by atoms with E-state index in [4.69, 9.17) is 0 Å². The molecule has 0 aromatic heterocycles. The number of carbonyl (C=O) groups is 1. The van der Waals surface area contributed by atoms with Gasteiger partial charge in [-0.15, -0.1) is 0 Å². The Kier molecular flexibility index (Phi) is 4.39. The van der Waals surface area contributed by atoms with E-state index < -0.39 is 17.1 Å². The largest absolute Gasteiger partial charge is 0.390 e. The first-order valence-corrected chi connectivity index (χ1v) is 9.10. The zero-order valence-electron chi connectivity index (χ0n) is 15.5. The Balaban J connectivity index is 1.81. The van der Waals surface area contributed by atoms with Crippen molar-refractivity contribution in [1.82, 2.24) is 15.8 Å². The third-order valence-corrected chi connectivity index (χ3v) is 5.93. The van der Waals surface area contributed by atoms with Gasteiger partial charge in [-0.25, -0.2) is 14.2 Å². The maximum absolute atomic E-state index is 13.4. The number of halogens is 2. The minimum atomic E-state index is -2.58. The summed E-state index contributed by atoms with van der Waals surface area (Å²) >= 11 is 0. The SMILES string of the molecule is CC1=C(NC(=O)CC(C)(C)O)N(C2CCC2)NC1(C)C1CC(F)(F)C1. The number of amides is 1. The Morgan fingerprint density at radius 2 is 2.00 bits per heavy atom. The van der Waals surface area contributed by atoms with Gasteiger partial charge in [-0.1, -0.05) is 0 Å². The Bertz CT molecular complexity index is 588. The first-order chi connectivity index (χ1) is 11.4. The lowest BCUT2D eigenvalue weighted by molar-refractivity contribution is -0.133. The van der Waals surface area contributed by atoms with Crippen LogP contribution in [0.5, 0.6) is 0 Å². The lowest BCUT2D eigenvalue weighted by atomic mass is 9.67. The highest BCUT2D eigenvalue weighted by Crippen LogP contribution is 2.52.